The summed E-state index contributed by atoms with van der Waals surface area (Å²) in [6.07, 6.45) is 3.67. The molecule has 6 aromatic carbocycles. The van der Waals surface area contributed by atoms with Crippen LogP contribution in [0.1, 0.15) is 0 Å². The van der Waals surface area contributed by atoms with Gasteiger partial charge >= 0.3 is 0 Å². The minimum absolute atomic E-state index is 0.567. The highest BCUT2D eigenvalue weighted by molar-refractivity contribution is 5.95. The van der Waals surface area contributed by atoms with Gasteiger partial charge in [-0.05, 0) is 47.5 Å². The summed E-state index contributed by atoms with van der Waals surface area (Å²) in [6, 6.07) is 53.0. The molecule has 0 N–H and O–H groups in total. The predicted molar refractivity (Wildman–Crippen MR) is 211 cm³/mol. The van der Waals surface area contributed by atoms with Crippen molar-refractivity contribution in [2.24, 2.45) is 0 Å². The third-order valence-corrected chi connectivity index (χ3v) is 9.49. The highest BCUT2D eigenvalue weighted by Crippen LogP contribution is 2.33. The second kappa shape index (κ2) is 12.7. The van der Waals surface area contributed by atoms with E-state index in [1.807, 2.05) is 73.1 Å². The molecule has 10 rings (SSSR count). The van der Waals surface area contributed by atoms with Gasteiger partial charge in [-0.15, -0.1) is 0 Å². The van der Waals surface area contributed by atoms with Crippen LogP contribution in [-0.4, -0.2) is 29.9 Å². The number of hydrogen-bond donors (Lipinski definition) is 0. The SMILES string of the molecule is c1cnc2c(-c3ccc(-c4nc(-c5ccc(-c6nc7ccccc7o6)cc5)nc(-c5ccc(-c6cccc7cccnc67)cc5)n4)cc3)cccc2c1. The molecule has 10 aromatic rings. The Labute approximate surface area is 304 Å². The van der Waals surface area contributed by atoms with Crippen LogP contribution in [0.3, 0.4) is 0 Å². The molecule has 53 heavy (non-hydrogen) atoms. The first-order valence-electron chi connectivity index (χ1n) is 17.4. The zero-order valence-electron chi connectivity index (χ0n) is 28.3. The lowest BCUT2D eigenvalue weighted by Gasteiger charge is -2.11. The topological polar surface area (TPSA) is 90.5 Å². The van der Waals surface area contributed by atoms with Crippen molar-refractivity contribution in [3.63, 3.8) is 0 Å². The second-order valence-corrected chi connectivity index (χ2v) is 12.8. The van der Waals surface area contributed by atoms with E-state index in [0.717, 1.165) is 77.4 Å². The first-order chi connectivity index (χ1) is 26.2. The number of fused-ring (bicyclic) bond motifs is 3. The van der Waals surface area contributed by atoms with Crippen LogP contribution in [0.4, 0.5) is 0 Å². The third-order valence-electron chi connectivity index (χ3n) is 9.49. The van der Waals surface area contributed by atoms with Crippen molar-refractivity contribution in [3.05, 3.63) is 170 Å². The molecule has 0 aliphatic carbocycles. The molecule has 0 aliphatic heterocycles. The molecule has 4 aromatic heterocycles. The summed E-state index contributed by atoms with van der Waals surface area (Å²) in [5, 5.41) is 2.20. The molecule has 0 spiro atoms. The van der Waals surface area contributed by atoms with E-state index in [1.54, 1.807) is 0 Å². The average Bonchev–Trinajstić information content (AvgIpc) is 3.68. The molecule has 7 heteroatoms. The standard InChI is InChI=1S/C46H28N6O/c1-2-14-40-39(13-1)49-46(53-40)36-25-23-35(24-26-36)45-51-43(33-19-15-29(16-20-33)37-11-3-7-31-9-5-27-47-41(31)37)50-44(52-45)34-21-17-30(18-22-34)38-12-4-8-32-10-6-28-48-42(32)38/h1-28H. The van der Waals surface area contributed by atoms with Crippen molar-refractivity contribution >= 4 is 32.9 Å². The molecule has 0 aliphatic rings. The third kappa shape index (κ3) is 5.66. The molecular formula is C46H28N6O. The Kier molecular flexibility index (Phi) is 7.32. The summed E-state index contributed by atoms with van der Waals surface area (Å²) in [6.45, 7) is 0. The van der Waals surface area contributed by atoms with Gasteiger partial charge in [0.25, 0.3) is 0 Å². The normalized spacial score (nSPS) is 11.4. The molecule has 0 bridgehead atoms. The molecule has 7 nitrogen and oxygen atoms in total. The van der Waals surface area contributed by atoms with Crippen LogP contribution in [0, 0.1) is 0 Å². The minimum atomic E-state index is 0.567. The highest BCUT2D eigenvalue weighted by atomic mass is 16.3. The van der Waals surface area contributed by atoms with Gasteiger partial charge < -0.3 is 4.42 Å². The van der Waals surface area contributed by atoms with E-state index in [1.165, 1.54) is 0 Å². The number of oxazole rings is 1. The fourth-order valence-electron chi connectivity index (χ4n) is 6.79. The zero-order valence-corrected chi connectivity index (χ0v) is 28.3. The number of aromatic nitrogens is 6. The second-order valence-electron chi connectivity index (χ2n) is 12.8. The number of hydrogen-bond acceptors (Lipinski definition) is 7. The summed E-state index contributed by atoms with van der Waals surface area (Å²) in [4.78, 5) is 29.0. The first-order valence-corrected chi connectivity index (χ1v) is 17.4. The highest BCUT2D eigenvalue weighted by Gasteiger charge is 2.15. The maximum absolute atomic E-state index is 6.02. The van der Waals surface area contributed by atoms with Gasteiger partial charge in [-0.2, -0.15) is 0 Å². The maximum Gasteiger partial charge on any atom is 0.227 e. The van der Waals surface area contributed by atoms with Crippen LogP contribution in [0.2, 0.25) is 0 Å². The molecule has 0 saturated carbocycles. The largest absolute Gasteiger partial charge is 0.436 e. The van der Waals surface area contributed by atoms with E-state index < -0.39 is 0 Å². The zero-order chi connectivity index (χ0) is 35.1. The van der Waals surface area contributed by atoms with Crippen molar-refractivity contribution in [1.82, 2.24) is 29.9 Å². The summed E-state index contributed by atoms with van der Waals surface area (Å²) in [5.41, 5.74) is 11.3. The van der Waals surface area contributed by atoms with Crippen LogP contribution >= 0.6 is 0 Å². The van der Waals surface area contributed by atoms with Gasteiger partial charge in [0.1, 0.15) is 5.52 Å². The number of nitrogens with zero attached hydrogens (tertiary/aromatic N) is 6. The van der Waals surface area contributed by atoms with Crippen molar-refractivity contribution < 1.29 is 4.42 Å². The molecule has 0 unspecified atom stereocenters. The van der Waals surface area contributed by atoms with Gasteiger partial charge in [0.15, 0.2) is 23.1 Å². The van der Waals surface area contributed by atoms with Crippen molar-refractivity contribution in [2.45, 2.75) is 0 Å². The molecule has 0 amide bonds. The molecule has 248 valence electrons. The van der Waals surface area contributed by atoms with Crippen molar-refractivity contribution in [1.29, 1.82) is 0 Å². The Morgan fingerprint density at radius 3 is 1.26 bits per heavy atom. The Morgan fingerprint density at radius 1 is 0.340 bits per heavy atom. The lowest BCUT2D eigenvalue weighted by atomic mass is 10.00. The van der Waals surface area contributed by atoms with Gasteiger partial charge in [-0.1, -0.05) is 121 Å². The first kappa shape index (κ1) is 30.4. The Hall–Kier alpha value is -7.38. The lowest BCUT2D eigenvalue weighted by molar-refractivity contribution is 0.620. The van der Waals surface area contributed by atoms with Crippen molar-refractivity contribution in [2.75, 3.05) is 0 Å². The number of rotatable bonds is 6. The fraction of sp³-hybridized carbons (Fsp3) is 0. The smallest absolute Gasteiger partial charge is 0.227 e. The van der Waals surface area contributed by atoms with E-state index in [-0.39, 0.29) is 0 Å². The number of para-hydroxylation sites is 4. The minimum Gasteiger partial charge on any atom is -0.436 e. The van der Waals surface area contributed by atoms with Gasteiger partial charge in [0.05, 0.1) is 11.0 Å². The maximum atomic E-state index is 6.02. The summed E-state index contributed by atoms with van der Waals surface area (Å²) >= 11 is 0. The van der Waals surface area contributed by atoms with Crippen LogP contribution in [0.25, 0.3) is 101 Å². The molecular weight excluding hydrogens is 653 g/mol. The fourth-order valence-corrected chi connectivity index (χ4v) is 6.79. The van der Waals surface area contributed by atoms with Crippen LogP contribution in [-0.2, 0) is 0 Å². The summed E-state index contributed by atoms with van der Waals surface area (Å²) in [7, 11) is 0. The Morgan fingerprint density at radius 2 is 0.774 bits per heavy atom. The van der Waals surface area contributed by atoms with Crippen LogP contribution in [0.5, 0.6) is 0 Å². The molecule has 0 fully saturated rings. The molecule has 0 saturated heterocycles. The lowest BCUT2D eigenvalue weighted by Crippen LogP contribution is -2.00. The monoisotopic (exact) mass is 680 g/mol. The Balaban J connectivity index is 1.05. The van der Waals surface area contributed by atoms with E-state index in [4.69, 9.17) is 19.4 Å². The van der Waals surface area contributed by atoms with Crippen LogP contribution < -0.4 is 0 Å². The van der Waals surface area contributed by atoms with Gasteiger partial charge in [-0.3, -0.25) is 9.97 Å². The Bertz CT molecular complexity index is 2750. The van der Waals surface area contributed by atoms with Gasteiger partial charge in [0, 0.05) is 56.5 Å². The summed E-state index contributed by atoms with van der Waals surface area (Å²) in [5.74, 6) is 2.30. The van der Waals surface area contributed by atoms with E-state index >= 15 is 0 Å². The average molecular weight is 681 g/mol. The van der Waals surface area contributed by atoms with E-state index in [2.05, 4.69) is 112 Å². The summed E-state index contributed by atoms with van der Waals surface area (Å²) < 4.78 is 6.02. The molecule has 0 atom stereocenters. The number of benzene rings is 6. The van der Waals surface area contributed by atoms with Gasteiger partial charge in [0.2, 0.25) is 5.89 Å². The molecule has 4 heterocycles. The quantitative estimate of drug-likeness (QED) is 0.173. The van der Waals surface area contributed by atoms with E-state index in [0.29, 0.717) is 23.4 Å². The predicted octanol–water partition coefficient (Wildman–Crippen LogP) is 11.1. The van der Waals surface area contributed by atoms with Crippen molar-refractivity contribution in [3.8, 4) is 67.9 Å². The van der Waals surface area contributed by atoms with E-state index in [9.17, 15) is 0 Å². The van der Waals surface area contributed by atoms with Crippen LogP contribution in [0.15, 0.2) is 175 Å². The van der Waals surface area contributed by atoms with Gasteiger partial charge in [-0.25, -0.2) is 19.9 Å². The molecule has 0 radical (unpaired) electrons. The number of pyridine rings is 2.